The smallest absolute Gasteiger partial charge is 0.222 e. The lowest BCUT2D eigenvalue weighted by Crippen LogP contribution is -2.27. The molecular weight excluding hydrogens is 305 g/mol. The van der Waals surface area contributed by atoms with Crippen LogP contribution in [0, 0.1) is 9.49 Å². The minimum Gasteiger partial charge on any atom is -0.396 e. The van der Waals surface area contributed by atoms with Crippen molar-refractivity contribution in [3.05, 3.63) is 16.0 Å². The van der Waals surface area contributed by atoms with Crippen molar-refractivity contribution in [2.75, 3.05) is 11.9 Å². The fraction of sp³-hybridized carbons (Fsp3) is 0.600. The van der Waals surface area contributed by atoms with Gasteiger partial charge in [-0.2, -0.15) is 0 Å². The van der Waals surface area contributed by atoms with E-state index in [1.54, 1.807) is 12.4 Å². The topological polar surface area (TPSA) is 58.0 Å². The number of nitrogens with zero attached hydrogens (tertiary/aromatic N) is 2. The minimum absolute atomic E-state index is 0.181. The van der Waals surface area contributed by atoms with E-state index >= 15 is 0 Å². The molecule has 0 aliphatic rings. The Morgan fingerprint density at radius 2 is 2.00 bits per heavy atom. The molecule has 5 heteroatoms. The van der Waals surface area contributed by atoms with Gasteiger partial charge in [-0.05, 0) is 34.9 Å². The maximum atomic E-state index is 8.93. The van der Waals surface area contributed by atoms with Crippen LogP contribution < -0.4 is 5.32 Å². The van der Waals surface area contributed by atoms with Crippen LogP contribution in [-0.4, -0.2) is 27.7 Å². The summed E-state index contributed by atoms with van der Waals surface area (Å²) in [6.07, 6.45) is 4.26. The highest BCUT2D eigenvalue weighted by Gasteiger charge is 2.13. The highest BCUT2D eigenvalue weighted by Crippen LogP contribution is 2.11. The number of hydrogen-bond donors (Lipinski definition) is 2. The molecule has 1 aromatic rings. The number of halogens is 1. The van der Waals surface area contributed by atoms with Crippen LogP contribution in [0.25, 0.3) is 0 Å². The molecule has 1 heterocycles. The molecule has 0 aliphatic heterocycles. The molecule has 0 aliphatic carbocycles. The van der Waals surface area contributed by atoms with Gasteiger partial charge >= 0.3 is 0 Å². The Morgan fingerprint density at radius 1 is 1.40 bits per heavy atom. The number of aliphatic hydroxyl groups excluding tert-OH is 1. The fourth-order valence-electron chi connectivity index (χ4n) is 1.26. The lowest BCUT2D eigenvalue weighted by atomic mass is 10.0. The molecule has 1 aromatic heterocycles. The van der Waals surface area contributed by atoms with Gasteiger partial charge in [-0.1, -0.05) is 13.8 Å². The summed E-state index contributed by atoms with van der Waals surface area (Å²) in [5, 5.41) is 12.1. The summed E-state index contributed by atoms with van der Waals surface area (Å²) in [4.78, 5) is 8.34. The van der Waals surface area contributed by atoms with Gasteiger partial charge in [0.1, 0.15) is 0 Å². The van der Waals surface area contributed by atoms with Crippen molar-refractivity contribution in [1.29, 1.82) is 0 Å². The van der Waals surface area contributed by atoms with Crippen LogP contribution in [0.2, 0.25) is 0 Å². The Morgan fingerprint density at radius 3 is 2.47 bits per heavy atom. The standard InChI is InChI=1S/C10H16IN3O/c1-7(2)9(3-4-15)14-10-12-5-8(11)6-13-10/h5-7,9,15H,3-4H2,1-2H3,(H,12,13,14). The van der Waals surface area contributed by atoms with E-state index in [1.165, 1.54) is 0 Å². The summed E-state index contributed by atoms with van der Waals surface area (Å²) in [6, 6.07) is 0.218. The second-order valence-corrected chi connectivity index (χ2v) is 4.98. The molecule has 1 atom stereocenters. The zero-order chi connectivity index (χ0) is 11.3. The minimum atomic E-state index is 0.181. The Hall–Kier alpha value is -0.430. The van der Waals surface area contributed by atoms with Gasteiger partial charge in [0.25, 0.3) is 0 Å². The number of hydrogen-bond acceptors (Lipinski definition) is 4. The van der Waals surface area contributed by atoms with Crippen LogP contribution in [0.4, 0.5) is 5.95 Å². The van der Waals surface area contributed by atoms with E-state index < -0.39 is 0 Å². The monoisotopic (exact) mass is 321 g/mol. The number of anilines is 1. The van der Waals surface area contributed by atoms with Gasteiger partial charge in [-0.15, -0.1) is 0 Å². The molecule has 4 nitrogen and oxygen atoms in total. The third kappa shape index (κ3) is 4.29. The van der Waals surface area contributed by atoms with Gasteiger partial charge in [0.15, 0.2) is 0 Å². The Labute approximate surface area is 104 Å². The van der Waals surface area contributed by atoms with Crippen molar-refractivity contribution in [2.24, 2.45) is 5.92 Å². The normalized spacial score (nSPS) is 12.9. The summed E-state index contributed by atoms with van der Waals surface area (Å²) in [5.74, 6) is 1.07. The Kier molecular flexibility index (Phi) is 5.24. The molecule has 2 N–H and O–H groups in total. The first-order chi connectivity index (χ1) is 7.13. The molecule has 0 spiro atoms. The van der Waals surface area contributed by atoms with E-state index in [9.17, 15) is 0 Å². The van der Waals surface area contributed by atoms with E-state index in [0.717, 1.165) is 3.57 Å². The average molecular weight is 321 g/mol. The first-order valence-electron chi connectivity index (χ1n) is 4.98. The number of aromatic nitrogens is 2. The lowest BCUT2D eigenvalue weighted by molar-refractivity contribution is 0.267. The molecule has 0 saturated heterocycles. The Balaban J connectivity index is 2.61. The van der Waals surface area contributed by atoms with Crippen molar-refractivity contribution >= 4 is 28.5 Å². The lowest BCUT2D eigenvalue weighted by Gasteiger charge is -2.21. The molecule has 0 bridgehead atoms. The van der Waals surface area contributed by atoms with Crippen molar-refractivity contribution in [3.63, 3.8) is 0 Å². The molecule has 84 valence electrons. The van der Waals surface area contributed by atoms with Crippen molar-refractivity contribution in [2.45, 2.75) is 26.3 Å². The maximum absolute atomic E-state index is 8.93. The molecule has 0 fully saturated rings. The van der Waals surface area contributed by atoms with Gasteiger partial charge in [0, 0.05) is 28.6 Å². The SMILES string of the molecule is CC(C)C(CCO)Nc1ncc(I)cn1. The van der Waals surface area contributed by atoms with Crippen LogP contribution in [0.3, 0.4) is 0 Å². The molecule has 0 saturated carbocycles. The van der Waals surface area contributed by atoms with Crippen molar-refractivity contribution in [1.82, 2.24) is 9.97 Å². The van der Waals surface area contributed by atoms with E-state index in [4.69, 9.17) is 5.11 Å². The largest absolute Gasteiger partial charge is 0.396 e. The predicted octanol–water partition coefficient (Wildman–Crippen LogP) is 1.90. The summed E-state index contributed by atoms with van der Waals surface area (Å²) in [6.45, 7) is 4.40. The van der Waals surface area contributed by atoms with E-state index in [-0.39, 0.29) is 12.6 Å². The molecular formula is C10H16IN3O. The number of rotatable bonds is 5. The molecule has 1 unspecified atom stereocenters. The van der Waals surface area contributed by atoms with Crippen LogP contribution >= 0.6 is 22.6 Å². The van der Waals surface area contributed by atoms with Gasteiger partial charge in [0.2, 0.25) is 5.95 Å². The van der Waals surface area contributed by atoms with E-state index in [1.807, 2.05) is 0 Å². The average Bonchev–Trinajstić information content (AvgIpc) is 2.20. The molecule has 0 radical (unpaired) electrons. The first-order valence-corrected chi connectivity index (χ1v) is 6.06. The predicted molar refractivity (Wildman–Crippen MR) is 68.7 cm³/mol. The zero-order valence-corrected chi connectivity index (χ0v) is 11.1. The first kappa shape index (κ1) is 12.6. The quantitative estimate of drug-likeness (QED) is 0.814. The van der Waals surface area contributed by atoms with E-state index in [2.05, 4.69) is 51.7 Å². The zero-order valence-electron chi connectivity index (χ0n) is 8.94. The third-order valence-corrected chi connectivity index (χ3v) is 2.74. The van der Waals surface area contributed by atoms with Crippen molar-refractivity contribution in [3.8, 4) is 0 Å². The number of nitrogens with one attached hydrogen (secondary N) is 1. The van der Waals surface area contributed by atoms with Crippen LogP contribution in [0.5, 0.6) is 0 Å². The second kappa shape index (κ2) is 6.22. The second-order valence-electron chi connectivity index (χ2n) is 3.73. The summed E-state index contributed by atoms with van der Waals surface area (Å²) in [7, 11) is 0. The van der Waals surface area contributed by atoms with Crippen LogP contribution in [0.15, 0.2) is 12.4 Å². The molecule has 0 aromatic carbocycles. The van der Waals surface area contributed by atoms with Gasteiger partial charge in [0.05, 0.1) is 0 Å². The highest BCUT2D eigenvalue weighted by atomic mass is 127. The summed E-state index contributed by atoms with van der Waals surface area (Å²) in [5.41, 5.74) is 0. The fourth-order valence-corrected chi connectivity index (χ4v) is 1.54. The number of aliphatic hydroxyl groups is 1. The summed E-state index contributed by atoms with van der Waals surface area (Å²) >= 11 is 2.17. The third-order valence-electron chi connectivity index (χ3n) is 2.18. The van der Waals surface area contributed by atoms with Crippen LogP contribution in [0.1, 0.15) is 20.3 Å². The molecule has 15 heavy (non-hydrogen) atoms. The molecule has 1 rings (SSSR count). The van der Waals surface area contributed by atoms with Gasteiger partial charge in [-0.25, -0.2) is 9.97 Å². The van der Waals surface area contributed by atoms with Crippen molar-refractivity contribution < 1.29 is 5.11 Å². The van der Waals surface area contributed by atoms with E-state index in [0.29, 0.717) is 18.3 Å². The van der Waals surface area contributed by atoms with Crippen LogP contribution in [-0.2, 0) is 0 Å². The summed E-state index contributed by atoms with van der Waals surface area (Å²) < 4.78 is 1.02. The molecule has 0 amide bonds. The highest BCUT2D eigenvalue weighted by molar-refractivity contribution is 14.1. The maximum Gasteiger partial charge on any atom is 0.222 e. The Bertz CT molecular complexity index is 289. The van der Waals surface area contributed by atoms with Gasteiger partial charge < -0.3 is 10.4 Å². The van der Waals surface area contributed by atoms with Gasteiger partial charge in [-0.3, -0.25) is 0 Å².